The van der Waals surface area contributed by atoms with Crippen molar-refractivity contribution in [1.82, 2.24) is 20.0 Å². The first-order chi connectivity index (χ1) is 9.72. The fourth-order valence-corrected chi connectivity index (χ4v) is 2.93. The van der Waals surface area contributed by atoms with E-state index in [-0.39, 0.29) is 0 Å². The number of nitrogens with one attached hydrogen (secondary N) is 1. The van der Waals surface area contributed by atoms with E-state index in [0.29, 0.717) is 0 Å². The highest BCUT2D eigenvalue weighted by atomic mass is 32.1. The van der Waals surface area contributed by atoms with Crippen molar-refractivity contribution in [3.63, 3.8) is 0 Å². The van der Waals surface area contributed by atoms with Gasteiger partial charge in [0.1, 0.15) is 0 Å². The molecule has 2 heterocycles. The van der Waals surface area contributed by atoms with Crippen molar-refractivity contribution in [3.05, 3.63) is 29.5 Å². The van der Waals surface area contributed by atoms with E-state index in [1.165, 1.54) is 0 Å². The summed E-state index contributed by atoms with van der Waals surface area (Å²) in [5.41, 5.74) is 8.77. The van der Waals surface area contributed by atoms with Gasteiger partial charge in [0.25, 0.3) is 0 Å². The number of nitrogens with zero attached hydrogens (tertiary/aromatic N) is 4. The number of rotatable bonds is 5. The number of benzene rings is 1. The molecule has 0 amide bonds. The predicted molar refractivity (Wildman–Crippen MR) is 81.9 cm³/mol. The zero-order valence-electron chi connectivity index (χ0n) is 11.2. The zero-order valence-corrected chi connectivity index (χ0v) is 12.0. The van der Waals surface area contributed by atoms with Gasteiger partial charge in [-0.1, -0.05) is 5.21 Å². The molecule has 0 aliphatic rings. The average Bonchev–Trinajstić information content (AvgIpc) is 3.03. The van der Waals surface area contributed by atoms with Crippen molar-refractivity contribution in [1.29, 1.82) is 0 Å². The SMILES string of the molecule is Cc1nc2cc(NCCCn3ccnn3)c(N)cc2s1. The van der Waals surface area contributed by atoms with Gasteiger partial charge in [0.05, 0.1) is 32.8 Å². The molecule has 1 aromatic carbocycles. The molecular formula is C13H16N6S. The lowest BCUT2D eigenvalue weighted by molar-refractivity contribution is 0.570. The molecule has 0 saturated carbocycles. The predicted octanol–water partition coefficient (Wildman–Crippen LogP) is 2.28. The summed E-state index contributed by atoms with van der Waals surface area (Å²) in [4.78, 5) is 4.48. The van der Waals surface area contributed by atoms with Crippen LogP contribution in [0.4, 0.5) is 11.4 Å². The highest BCUT2D eigenvalue weighted by Gasteiger charge is 2.05. The van der Waals surface area contributed by atoms with Crippen LogP contribution in [0.25, 0.3) is 10.2 Å². The first-order valence-corrected chi connectivity index (χ1v) is 7.28. The van der Waals surface area contributed by atoms with Crippen LogP contribution in [0.5, 0.6) is 0 Å². The number of thiazole rings is 1. The molecule has 20 heavy (non-hydrogen) atoms. The molecule has 0 bridgehead atoms. The first-order valence-electron chi connectivity index (χ1n) is 6.47. The number of hydrogen-bond donors (Lipinski definition) is 2. The Morgan fingerprint density at radius 3 is 3.10 bits per heavy atom. The third-order valence-corrected chi connectivity index (χ3v) is 3.95. The maximum Gasteiger partial charge on any atom is 0.0907 e. The Balaban J connectivity index is 1.63. The molecule has 3 rings (SSSR count). The summed E-state index contributed by atoms with van der Waals surface area (Å²) < 4.78 is 2.95. The second kappa shape index (κ2) is 5.46. The highest BCUT2D eigenvalue weighted by molar-refractivity contribution is 7.18. The Labute approximate surface area is 120 Å². The minimum absolute atomic E-state index is 0.766. The molecule has 0 atom stereocenters. The number of aromatic nitrogens is 4. The van der Waals surface area contributed by atoms with Gasteiger partial charge in [-0.15, -0.1) is 16.4 Å². The number of nitrogen functional groups attached to an aromatic ring is 1. The van der Waals surface area contributed by atoms with Gasteiger partial charge in [-0.3, -0.25) is 4.68 Å². The molecule has 0 spiro atoms. The summed E-state index contributed by atoms with van der Waals surface area (Å²) in [6.45, 7) is 3.68. The van der Waals surface area contributed by atoms with Crippen LogP contribution in [0.3, 0.4) is 0 Å². The van der Waals surface area contributed by atoms with E-state index in [1.807, 2.05) is 29.9 Å². The Morgan fingerprint density at radius 2 is 2.30 bits per heavy atom. The molecule has 0 fully saturated rings. The normalized spacial score (nSPS) is 11.1. The van der Waals surface area contributed by atoms with Crippen molar-refractivity contribution in [2.75, 3.05) is 17.6 Å². The Morgan fingerprint density at radius 1 is 1.40 bits per heavy atom. The smallest absolute Gasteiger partial charge is 0.0907 e. The second-order valence-corrected chi connectivity index (χ2v) is 5.82. The summed E-state index contributed by atoms with van der Waals surface area (Å²) in [5, 5.41) is 12.1. The minimum Gasteiger partial charge on any atom is -0.397 e. The maximum absolute atomic E-state index is 6.06. The fourth-order valence-electron chi connectivity index (χ4n) is 2.07. The van der Waals surface area contributed by atoms with E-state index >= 15 is 0 Å². The Bertz CT molecular complexity index is 703. The first kappa shape index (κ1) is 12.9. The molecule has 0 unspecified atom stereocenters. The van der Waals surface area contributed by atoms with Gasteiger partial charge >= 0.3 is 0 Å². The number of hydrogen-bond acceptors (Lipinski definition) is 6. The zero-order chi connectivity index (χ0) is 13.9. The van der Waals surface area contributed by atoms with Gasteiger partial charge in [-0.05, 0) is 25.5 Å². The van der Waals surface area contributed by atoms with Gasteiger partial charge in [0.15, 0.2) is 0 Å². The van der Waals surface area contributed by atoms with E-state index in [2.05, 4.69) is 20.6 Å². The van der Waals surface area contributed by atoms with Crippen molar-refractivity contribution in [2.45, 2.75) is 19.9 Å². The number of nitrogens with two attached hydrogens (primary N) is 1. The summed E-state index contributed by atoms with van der Waals surface area (Å²) in [6, 6.07) is 4.00. The van der Waals surface area contributed by atoms with Gasteiger partial charge < -0.3 is 11.1 Å². The topological polar surface area (TPSA) is 81.7 Å². The maximum atomic E-state index is 6.06. The Kier molecular flexibility index (Phi) is 3.51. The summed E-state index contributed by atoms with van der Waals surface area (Å²) in [5.74, 6) is 0. The quantitative estimate of drug-likeness (QED) is 0.556. The van der Waals surface area contributed by atoms with Crippen LogP contribution < -0.4 is 11.1 Å². The standard InChI is InChI=1S/C13H16N6S/c1-9-17-12-8-11(10(14)7-13(12)20-9)15-3-2-5-19-6-4-16-18-19/h4,6-8,15H,2-3,5,14H2,1H3. The second-order valence-electron chi connectivity index (χ2n) is 4.59. The lowest BCUT2D eigenvalue weighted by Gasteiger charge is -2.09. The fraction of sp³-hybridized carbons (Fsp3) is 0.308. The number of anilines is 2. The lowest BCUT2D eigenvalue weighted by atomic mass is 10.2. The number of aryl methyl sites for hydroxylation is 2. The third kappa shape index (κ3) is 2.72. The molecular weight excluding hydrogens is 272 g/mol. The molecule has 0 aliphatic heterocycles. The van der Waals surface area contributed by atoms with Crippen LogP contribution in [0.1, 0.15) is 11.4 Å². The molecule has 3 aromatic rings. The van der Waals surface area contributed by atoms with Crippen molar-refractivity contribution in [3.8, 4) is 0 Å². The molecule has 7 heteroatoms. The highest BCUT2D eigenvalue weighted by Crippen LogP contribution is 2.29. The van der Waals surface area contributed by atoms with E-state index < -0.39 is 0 Å². The van der Waals surface area contributed by atoms with Crippen LogP contribution in [-0.2, 0) is 6.54 Å². The molecule has 0 radical (unpaired) electrons. The van der Waals surface area contributed by atoms with E-state index in [1.54, 1.807) is 17.5 Å². The molecule has 0 saturated heterocycles. The van der Waals surface area contributed by atoms with Crippen LogP contribution in [0.15, 0.2) is 24.5 Å². The number of fused-ring (bicyclic) bond motifs is 1. The minimum atomic E-state index is 0.766. The van der Waals surface area contributed by atoms with Gasteiger partial charge in [-0.25, -0.2) is 4.98 Å². The molecule has 2 aromatic heterocycles. The molecule has 3 N–H and O–H groups in total. The summed E-state index contributed by atoms with van der Waals surface area (Å²) >= 11 is 1.66. The Hall–Kier alpha value is -2.15. The van der Waals surface area contributed by atoms with E-state index in [4.69, 9.17) is 5.73 Å². The van der Waals surface area contributed by atoms with Crippen molar-refractivity contribution < 1.29 is 0 Å². The van der Waals surface area contributed by atoms with Crippen LogP contribution >= 0.6 is 11.3 Å². The van der Waals surface area contributed by atoms with Crippen LogP contribution in [0.2, 0.25) is 0 Å². The van der Waals surface area contributed by atoms with Gasteiger partial charge in [0, 0.05) is 19.3 Å². The van der Waals surface area contributed by atoms with E-state index in [9.17, 15) is 0 Å². The molecule has 104 valence electrons. The monoisotopic (exact) mass is 288 g/mol. The van der Waals surface area contributed by atoms with Crippen LogP contribution in [0, 0.1) is 6.92 Å². The summed E-state index contributed by atoms with van der Waals surface area (Å²) in [7, 11) is 0. The molecule has 0 aliphatic carbocycles. The van der Waals surface area contributed by atoms with Gasteiger partial charge in [0.2, 0.25) is 0 Å². The summed E-state index contributed by atoms with van der Waals surface area (Å²) in [6.07, 6.45) is 4.50. The van der Waals surface area contributed by atoms with Crippen molar-refractivity contribution >= 4 is 32.9 Å². The molecule has 6 nitrogen and oxygen atoms in total. The van der Waals surface area contributed by atoms with Crippen LogP contribution in [-0.4, -0.2) is 26.5 Å². The largest absolute Gasteiger partial charge is 0.397 e. The third-order valence-electron chi connectivity index (χ3n) is 3.02. The average molecular weight is 288 g/mol. The van der Waals surface area contributed by atoms with Gasteiger partial charge in [-0.2, -0.15) is 0 Å². The van der Waals surface area contributed by atoms with Crippen molar-refractivity contribution in [2.24, 2.45) is 0 Å². The van der Waals surface area contributed by atoms with E-state index in [0.717, 1.165) is 46.1 Å². The lowest BCUT2D eigenvalue weighted by Crippen LogP contribution is -2.08.